The summed E-state index contributed by atoms with van der Waals surface area (Å²) in [4.78, 5) is 0. The quantitative estimate of drug-likeness (QED) is 0.249. The summed E-state index contributed by atoms with van der Waals surface area (Å²) in [6, 6.07) is 12.0. The Labute approximate surface area is 365 Å². The molecule has 0 spiro atoms. The molecule has 0 N–H and O–H groups in total. The van der Waals surface area contributed by atoms with Crippen LogP contribution in [0.5, 0.6) is 0 Å². The van der Waals surface area contributed by atoms with E-state index in [1.54, 1.807) is 116 Å². The Morgan fingerprint density at radius 3 is 0.712 bits per heavy atom. The van der Waals surface area contributed by atoms with Crippen molar-refractivity contribution in [3.8, 4) is 0 Å². The van der Waals surface area contributed by atoms with E-state index in [1.807, 2.05) is 36.4 Å². The van der Waals surface area contributed by atoms with Crippen molar-refractivity contribution < 1.29 is 4.63 Å². The summed E-state index contributed by atoms with van der Waals surface area (Å²) < 4.78 is 4.57. The van der Waals surface area contributed by atoms with Crippen molar-refractivity contribution >= 4 is 0 Å². The number of rotatable bonds is 0. The van der Waals surface area contributed by atoms with Gasteiger partial charge >= 0.3 is 0 Å². The average Bonchev–Trinajstić information content (AvgIpc) is 4.15. The van der Waals surface area contributed by atoms with Gasteiger partial charge in [-0.25, -0.2) is 4.63 Å². The van der Waals surface area contributed by atoms with E-state index in [4.69, 9.17) is 0 Å². The van der Waals surface area contributed by atoms with Crippen LogP contribution in [-0.4, -0.2) is 10.3 Å². The maximum Gasteiger partial charge on any atom is 0.108 e. The SMILES string of the molecule is C1CC2CC3CC1CC(C2)C3.C1CC2CCC1C2.C1CC2CCC1CC2.C1CCCC1.C1CCCCC1.C1CCCCCC1.C1CCc2nonc2C1.c1ccccc1. The lowest BCUT2D eigenvalue weighted by Crippen LogP contribution is -2.26. The number of nitrogens with zero attached hydrogens (tertiary/aromatic N) is 2. The molecule has 0 atom stereocenters. The van der Waals surface area contributed by atoms with E-state index in [-0.39, 0.29) is 0 Å². The van der Waals surface area contributed by atoms with Crippen LogP contribution in [0.2, 0.25) is 0 Å². The Morgan fingerprint density at radius 1 is 0.254 bits per heavy atom. The molecule has 15 rings (SSSR count). The van der Waals surface area contributed by atoms with Gasteiger partial charge in [0.15, 0.2) is 0 Å². The molecule has 3 nitrogen and oxygen atoms in total. The van der Waals surface area contributed by atoms with Gasteiger partial charge in [-0.05, 0) is 112 Å². The van der Waals surface area contributed by atoms with Crippen LogP contribution >= 0.6 is 0 Å². The average molecular weight is 811 g/mol. The van der Waals surface area contributed by atoms with E-state index in [9.17, 15) is 0 Å². The molecule has 0 unspecified atom stereocenters. The van der Waals surface area contributed by atoms with Gasteiger partial charge in [0, 0.05) is 0 Å². The van der Waals surface area contributed by atoms with E-state index in [0.717, 1.165) is 47.9 Å². The molecular formula is C56H94N2O. The second-order valence-corrected chi connectivity index (χ2v) is 21.7. The second kappa shape index (κ2) is 28.9. The monoisotopic (exact) mass is 811 g/mol. The summed E-state index contributed by atoms with van der Waals surface area (Å²) in [5, 5.41) is 7.54. The molecule has 13 aliphatic carbocycles. The van der Waals surface area contributed by atoms with Crippen molar-refractivity contribution in [2.75, 3.05) is 0 Å². The van der Waals surface area contributed by atoms with Gasteiger partial charge in [0.25, 0.3) is 0 Å². The zero-order valence-corrected chi connectivity index (χ0v) is 38.7. The normalized spacial score (nSPS) is 32.7. The summed E-state index contributed by atoms with van der Waals surface area (Å²) in [6.07, 6.45) is 60.0. The number of hydrogen-bond donors (Lipinski definition) is 0. The molecule has 3 heteroatoms. The van der Waals surface area contributed by atoms with Crippen LogP contribution in [-0.2, 0) is 12.8 Å². The molecule has 334 valence electrons. The van der Waals surface area contributed by atoms with Crippen molar-refractivity contribution in [3.05, 3.63) is 47.8 Å². The van der Waals surface area contributed by atoms with Gasteiger partial charge in [-0.15, -0.1) is 0 Å². The highest BCUT2D eigenvalue weighted by Gasteiger charge is 2.39. The summed E-state index contributed by atoms with van der Waals surface area (Å²) >= 11 is 0. The molecule has 13 aliphatic rings. The molecule has 1 aromatic carbocycles. The highest BCUT2D eigenvalue weighted by molar-refractivity contribution is 5.10. The number of hydrogen-bond acceptors (Lipinski definition) is 3. The van der Waals surface area contributed by atoms with E-state index in [2.05, 4.69) is 14.9 Å². The Kier molecular flexibility index (Phi) is 22.9. The molecule has 1 heterocycles. The van der Waals surface area contributed by atoms with Crippen LogP contribution < -0.4 is 0 Å². The van der Waals surface area contributed by atoms with E-state index < -0.39 is 0 Å². The largest absolute Gasteiger partial charge is 0.244 e. The van der Waals surface area contributed by atoms with Gasteiger partial charge in [0.05, 0.1) is 0 Å². The third-order valence-electron chi connectivity index (χ3n) is 16.8. The Hall–Kier alpha value is -1.64. The second-order valence-electron chi connectivity index (χ2n) is 21.7. The zero-order chi connectivity index (χ0) is 40.4. The maximum atomic E-state index is 4.57. The maximum absolute atomic E-state index is 4.57. The fourth-order valence-corrected chi connectivity index (χ4v) is 13.3. The topological polar surface area (TPSA) is 38.9 Å². The molecule has 0 saturated heterocycles. The van der Waals surface area contributed by atoms with E-state index in [0.29, 0.717) is 0 Å². The van der Waals surface area contributed by atoms with Crippen LogP contribution in [0.25, 0.3) is 0 Å². The first-order valence-electron chi connectivity index (χ1n) is 27.1. The highest BCUT2D eigenvalue weighted by atomic mass is 16.6. The summed E-state index contributed by atoms with van der Waals surface area (Å²) in [7, 11) is 0. The fraction of sp³-hybridized carbons (Fsp3) is 0.857. The molecular weight excluding hydrogens is 717 g/mol. The number of aromatic nitrogens is 2. The van der Waals surface area contributed by atoms with Gasteiger partial charge in [0.2, 0.25) is 0 Å². The van der Waals surface area contributed by atoms with Gasteiger partial charge in [0.1, 0.15) is 11.4 Å². The fourth-order valence-electron chi connectivity index (χ4n) is 13.3. The molecule has 1 aromatic heterocycles. The first kappa shape index (κ1) is 46.9. The van der Waals surface area contributed by atoms with E-state index in [1.165, 1.54) is 152 Å². The third-order valence-corrected chi connectivity index (χ3v) is 16.8. The van der Waals surface area contributed by atoms with E-state index >= 15 is 0 Å². The Balaban J connectivity index is 0.000000115. The van der Waals surface area contributed by atoms with Crippen LogP contribution in [0, 0.1) is 47.3 Å². The number of benzene rings is 1. The third kappa shape index (κ3) is 19.1. The Morgan fingerprint density at radius 2 is 0.475 bits per heavy atom. The standard InChI is InChI=1S/C11H18.C8H14.C7H12.C7H14.C6H8N2O.C6H12.C6H6.C5H10/c1-2-9-5-10-3-8(1)4-11(6-9)7-10;1-2-8-5-3-7(1)4-6-8;1-2-7-4-3-6(1)5-7;1-2-4-6-7-5-3-1;1-2-4-6-5(3-1)7-9-8-6;2*1-2-4-6-5-3-1;1-2-4-5-3-1/h8-11H,1-7H2;7-8H,1-6H2;6-7H,1-5H2;1-7H2;1-4H2;1-6H2;1-6H;1-5H2. The zero-order valence-electron chi connectivity index (χ0n) is 38.7. The van der Waals surface area contributed by atoms with Crippen molar-refractivity contribution in [2.24, 2.45) is 47.3 Å². The van der Waals surface area contributed by atoms with Gasteiger partial charge in [-0.2, -0.15) is 0 Å². The lowest BCUT2D eigenvalue weighted by molar-refractivity contribution is 0.134. The van der Waals surface area contributed by atoms with Gasteiger partial charge < -0.3 is 0 Å². The molecule has 0 amide bonds. The number of aryl methyl sites for hydroxylation is 2. The summed E-state index contributed by atoms with van der Waals surface area (Å²) in [6.45, 7) is 0. The highest BCUT2D eigenvalue weighted by Crippen LogP contribution is 2.51. The van der Waals surface area contributed by atoms with Crippen LogP contribution in [0.4, 0.5) is 0 Å². The first-order valence-corrected chi connectivity index (χ1v) is 27.1. The molecule has 12 fully saturated rings. The van der Waals surface area contributed by atoms with Crippen molar-refractivity contribution in [1.29, 1.82) is 0 Å². The summed E-state index contributed by atoms with van der Waals surface area (Å²) in [5.74, 6) is 9.30. The lowest BCUT2D eigenvalue weighted by atomic mass is 9.68. The summed E-state index contributed by atoms with van der Waals surface area (Å²) in [5.41, 5.74) is 2.14. The predicted molar refractivity (Wildman–Crippen MR) is 252 cm³/mol. The smallest absolute Gasteiger partial charge is 0.108 e. The molecule has 8 bridgehead atoms. The molecule has 0 radical (unpaired) electrons. The minimum atomic E-state index is 1.05. The van der Waals surface area contributed by atoms with Crippen molar-refractivity contribution in [1.82, 2.24) is 10.3 Å². The Bertz CT molecular complexity index is 1110. The van der Waals surface area contributed by atoms with Gasteiger partial charge in [-0.3, -0.25) is 0 Å². The lowest BCUT2D eigenvalue weighted by Gasteiger charge is -2.38. The first-order chi connectivity index (χ1) is 29.3. The van der Waals surface area contributed by atoms with Crippen molar-refractivity contribution in [3.63, 3.8) is 0 Å². The predicted octanol–water partition coefficient (Wildman–Crippen LogP) is 17.7. The molecule has 59 heavy (non-hydrogen) atoms. The van der Waals surface area contributed by atoms with Crippen molar-refractivity contribution in [2.45, 2.75) is 257 Å². The molecule has 12 saturated carbocycles. The van der Waals surface area contributed by atoms with Gasteiger partial charge in [-0.1, -0.05) is 239 Å². The van der Waals surface area contributed by atoms with Crippen LogP contribution in [0.3, 0.4) is 0 Å². The minimum absolute atomic E-state index is 1.05. The minimum Gasteiger partial charge on any atom is -0.244 e. The number of fused-ring (bicyclic) bond motifs is 7. The molecule has 0 aliphatic heterocycles. The van der Waals surface area contributed by atoms with Crippen LogP contribution in [0.1, 0.15) is 255 Å². The molecule has 2 aromatic rings. The van der Waals surface area contributed by atoms with Crippen LogP contribution in [0.15, 0.2) is 41.0 Å².